The Morgan fingerprint density at radius 3 is 2.56 bits per heavy atom. The number of aliphatic hydroxyl groups is 1. The fourth-order valence-corrected chi connectivity index (χ4v) is 2.96. The lowest BCUT2D eigenvalue weighted by molar-refractivity contribution is -0.125. The number of pyridine rings is 1. The van der Waals surface area contributed by atoms with E-state index in [0.717, 1.165) is 5.56 Å². The largest absolute Gasteiger partial charge is 0.386 e. The molecule has 3 N–H and O–H groups in total. The van der Waals surface area contributed by atoms with Gasteiger partial charge in [0.2, 0.25) is 0 Å². The van der Waals surface area contributed by atoms with Gasteiger partial charge in [-0.05, 0) is 45.4 Å². The maximum absolute atomic E-state index is 10.9. The molecular weight excluding hydrogens is 228 g/mol. The second-order valence-electron chi connectivity index (χ2n) is 6.35. The van der Waals surface area contributed by atoms with Gasteiger partial charge in [-0.3, -0.25) is 0 Å². The summed E-state index contributed by atoms with van der Waals surface area (Å²) in [4.78, 5) is 3.97. The summed E-state index contributed by atoms with van der Waals surface area (Å²) >= 11 is 0. The molecule has 1 saturated heterocycles. The highest BCUT2D eigenvalue weighted by Gasteiger charge is 2.56. The van der Waals surface area contributed by atoms with Gasteiger partial charge in [-0.25, -0.2) is 4.98 Å². The molecule has 1 aromatic heterocycles. The number of nitrogens with zero attached hydrogens (tertiary/aromatic N) is 1. The number of ether oxygens (including phenoxy) is 1. The van der Waals surface area contributed by atoms with Crippen molar-refractivity contribution in [2.45, 2.75) is 57.3 Å². The summed E-state index contributed by atoms with van der Waals surface area (Å²) in [5.74, 6) is 0.479. The van der Waals surface area contributed by atoms with E-state index in [-0.39, 0.29) is 5.60 Å². The molecule has 2 heterocycles. The molecule has 0 amide bonds. The molecular formula is C14H22N2O2. The molecule has 0 aliphatic carbocycles. The Kier molecular flexibility index (Phi) is 2.91. The molecule has 1 aliphatic heterocycles. The first-order valence-corrected chi connectivity index (χ1v) is 6.27. The number of rotatable bonds is 2. The molecule has 100 valence electrons. The third-order valence-corrected chi connectivity index (χ3v) is 3.71. The molecule has 1 unspecified atom stereocenters. The molecule has 4 heteroatoms. The smallest absolute Gasteiger partial charge is 0.123 e. The van der Waals surface area contributed by atoms with Crippen molar-refractivity contribution in [1.29, 1.82) is 0 Å². The Morgan fingerprint density at radius 1 is 1.39 bits per heavy atom. The van der Waals surface area contributed by atoms with Crippen LogP contribution in [0.15, 0.2) is 18.3 Å². The zero-order valence-corrected chi connectivity index (χ0v) is 11.5. The number of hydrogen-bond donors (Lipinski definition) is 2. The first kappa shape index (κ1) is 13.3. The van der Waals surface area contributed by atoms with Crippen molar-refractivity contribution in [3.8, 4) is 0 Å². The quantitative estimate of drug-likeness (QED) is 0.841. The SMILES string of the molecule is CC1(C)CC(O)(Cc2ccnc(N)c2)C(C)(C)O1. The van der Waals surface area contributed by atoms with Crippen LogP contribution in [0.3, 0.4) is 0 Å². The third kappa shape index (κ3) is 2.35. The highest BCUT2D eigenvalue weighted by Crippen LogP contribution is 2.46. The Morgan fingerprint density at radius 2 is 2.06 bits per heavy atom. The first-order chi connectivity index (χ1) is 8.14. The minimum Gasteiger partial charge on any atom is -0.386 e. The summed E-state index contributed by atoms with van der Waals surface area (Å²) in [7, 11) is 0. The fraction of sp³-hybridized carbons (Fsp3) is 0.643. The van der Waals surface area contributed by atoms with Crippen molar-refractivity contribution in [3.05, 3.63) is 23.9 Å². The minimum atomic E-state index is -0.885. The molecule has 18 heavy (non-hydrogen) atoms. The fourth-order valence-electron chi connectivity index (χ4n) is 2.96. The maximum Gasteiger partial charge on any atom is 0.123 e. The molecule has 1 fully saturated rings. The lowest BCUT2D eigenvalue weighted by atomic mass is 9.78. The summed E-state index contributed by atoms with van der Waals surface area (Å²) in [5.41, 5.74) is 4.89. The number of anilines is 1. The molecule has 0 radical (unpaired) electrons. The highest BCUT2D eigenvalue weighted by atomic mass is 16.5. The van der Waals surface area contributed by atoms with Crippen LogP contribution < -0.4 is 5.73 Å². The molecule has 1 aromatic rings. The van der Waals surface area contributed by atoms with Crippen LogP contribution in [0.1, 0.15) is 39.7 Å². The number of nitrogens with two attached hydrogens (primary N) is 1. The predicted molar refractivity (Wildman–Crippen MR) is 71.2 cm³/mol. The van der Waals surface area contributed by atoms with Gasteiger partial charge >= 0.3 is 0 Å². The van der Waals surface area contributed by atoms with Crippen LogP contribution in [0.5, 0.6) is 0 Å². The minimum absolute atomic E-state index is 0.309. The van der Waals surface area contributed by atoms with Crippen molar-refractivity contribution in [3.63, 3.8) is 0 Å². The van der Waals surface area contributed by atoms with Crippen LogP contribution in [0.4, 0.5) is 5.82 Å². The molecule has 0 bridgehead atoms. The van der Waals surface area contributed by atoms with E-state index in [1.54, 1.807) is 12.3 Å². The van der Waals surface area contributed by atoms with Crippen molar-refractivity contribution >= 4 is 5.82 Å². The van der Waals surface area contributed by atoms with Gasteiger partial charge in [0, 0.05) is 19.0 Å². The molecule has 0 saturated carbocycles. The van der Waals surface area contributed by atoms with Gasteiger partial charge in [-0.15, -0.1) is 0 Å². The van der Waals surface area contributed by atoms with E-state index >= 15 is 0 Å². The van der Waals surface area contributed by atoms with Gasteiger partial charge in [0.1, 0.15) is 5.82 Å². The normalized spacial score (nSPS) is 29.4. The number of aromatic nitrogens is 1. The third-order valence-electron chi connectivity index (χ3n) is 3.71. The Labute approximate surface area is 108 Å². The Balaban J connectivity index is 2.27. The van der Waals surface area contributed by atoms with Crippen LogP contribution in [-0.2, 0) is 11.2 Å². The van der Waals surface area contributed by atoms with Crippen LogP contribution in [0.25, 0.3) is 0 Å². The predicted octanol–water partition coefficient (Wildman–Crippen LogP) is 1.91. The van der Waals surface area contributed by atoms with Crippen LogP contribution in [0.2, 0.25) is 0 Å². The Bertz CT molecular complexity index is 457. The standard InChI is InChI=1S/C14H22N2O2/c1-12(2)9-14(17,13(3,4)18-12)8-10-5-6-16-11(15)7-10/h5-7,17H,8-9H2,1-4H3,(H2,15,16). The van der Waals surface area contributed by atoms with Crippen molar-refractivity contribution in [1.82, 2.24) is 4.98 Å². The number of hydrogen-bond acceptors (Lipinski definition) is 4. The van der Waals surface area contributed by atoms with E-state index in [0.29, 0.717) is 18.7 Å². The van der Waals surface area contributed by atoms with Gasteiger partial charge in [0.05, 0.1) is 16.8 Å². The van der Waals surface area contributed by atoms with E-state index < -0.39 is 11.2 Å². The summed E-state index contributed by atoms with van der Waals surface area (Å²) in [5, 5.41) is 10.9. The van der Waals surface area contributed by atoms with Crippen LogP contribution in [-0.4, -0.2) is 26.9 Å². The summed E-state index contributed by atoms with van der Waals surface area (Å²) in [6.45, 7) is 7.89. The molecule has 0 aromatic carbocycles. The van der Waals surface area contributed by atoms with E-state index in [2.05, 4.69) is 4.98 Å². The van der Waals surface area contributed by atoms with E-state index in [9.17, 15) is 5.11 Å². The second kappa shape index (κ2) is 3.93. The van der Waals surface area contributed by atoms with E-state index in [4.69, 9.17) is 10.5 Å². The van der Waals surface area contributed by atoms with Gasteiger partial charge in [0.25, 0.3) is 0 Å². The first-order valence-electron chi connectivity index (χ1n) is 6.27. The molecule has 0 spiro atoms. The zero-order chi connectivity index (χ0) is 13.6. The second-order valence-corrected chi connectivity index (χ2v) is 6.35. The van der Waals surface area contributed by atoms with Gasteiger partial charge in [-0.2, -0.15) is 0 Å². The number of nitrogen functional groups attached to an aromatic ring is 1. The van der Waals surface area contributed by atoms with Gasteiger partial charge < -0.3 is 15.6 Å². The molecule has 1 atom stereocenters. The lowest BCUT2D eigenvalue weighted by Gasteiger charge is -2.35. The van der Waals surface area contributed by atoms with Crippen molar-refractivity contribution < 1.29 is 9.84 Å². The van der Waals surface area contributed by atoms with E-state index in [1.165, 1.54) is 0 Å². The lowest BCUT2D eigenvalue weighted by Crippen LogP contribution is -2.48. The summed E-state index contributed by atoms with van der Waals surface area (Å²) < 4.78 is 5.96. The summed E-state index contributed by atoms with van der Waals surface area (Å²) in [6, 6.07) is 3.69. The average Bonchev–Trinajstić information content (AvgIpc) is 2.29. The van der Waals surface area contributed by atoms with E-state index in [1.807, 2.05) is 33.8 Å². The average molecular weight is 250 g/mol. The maximum atomic E-state index is 10.9. The van der Waals surface area contributed by atoms with Crippen molar-refractivity contribution in [2.75, 3.05) is 5.73 Å². The highest BCUT2D eigenvalue weighted by molar-refractivity contribution is 5.33. The van der Waals surface area contributed by atoms with Gasteiger partial charge in [0.15, 0.2) is 0 Å². The summed E-state index contributed by atoms with van der Waals surface area (Å²) in [6.07, 6.45) is 2.80. The van der Waals surface area contributed by atoms with Crippen LogP contribution >= 0.6 is 0 Å². The Hall–Kier alpha value is -1.13. The van der Waals surface area contributed by atoms with Crippen LogP contribution in [0, 0.1) is 0 Å². The van der Waals surface area contributed by atoms with Crippen molar-refractivity contribution in [2.24, 2.45) is 0 Å². The topological polar surface area (TPSA) is 68.4 Å². The monoisotopic (exact) mass is 250 g/mol. The molecule has 2 rings (SSSR count). The molecule has 4 nitrogen and oxygen atoms in total. The van der Waals surface area contributed by atoms with Gasteiger partial charge in [-0.1, -0.05) is 0 Å². The zero-order valence-electron chi connectivity index (χ0n) is 11.5. The molecule has 1 aliphatic rings.